The first kappa shape index (κ1) is 28.5. The Hall–Kier alpha value is -3.56. The van der Waals surface area contributed by atoms with Crippen molar-refractivity contribution in [2.75, 3.05) is 13.2 Å². The summed E-state index contributed by atoms with van der Waals surface area (Å²) in [5.74, 6) is -4.71. The van der Waals surface area contributed by atoms with Gasteiger partial charge in [0.15, 0.2) is 0 Å². The molecule has 15 heteroatoms. The maximum Gasteiger partial charge on any atom is 0.326 e. The first-order valence-electron chi connectivity index (χ1n) is 10.5. The third-order valence-electron chi connectivity index (χ3n) is 4.75. The summed E-state index contributed by atoms with van der Waals surface area (Å²) in [6.07, 6.45) is 3.35. The van der Waals surface area contributed by atoms with Crippen molar-refractivity contribution >= 4 is 29.6 Å². The molecule has 1 heterocycles. The van der Waals surface area contributed by atoms with Crippen LogP contribution in [0.25, 0.3) is 0 Å². The number of H-pyrrole nitrogens is 1. The van der Waals surface area contributed by atoms with E-state index in [0.29, 0.717) is 25.1 Å². The fourth-order valence-corrected chi connectivity index (χ4v) is 2.90. The summed E-state index contributed by atoms with van der Waals surface area (Å²) < 4.78 is 0. The van der Waals surface area contributed by atoms with Crippen molar-refractivity contribution in [1.29, 1.82) is 0 Å². The highest BCUT2D eigenvalue weighted by Crippen LogP contribution is 2.04. The highest BCUT2D eigenvalue weighted by Gasteiger charge is 2.30. The lowest BCUT2D eigenvalue weighted by molar-refractivity contribution is -0.142. The lowest BCUT2D eigenvalue weighted by Crippen LogP contribution is -2.58. The number of hydrogen-bond donors (Lipinski definition) is 9. The smallest absolute Gasteiger partial charge is 0.326 e. The molecule has 0 aliphatic carbocycles. The van der Waals surface area contributed by atoms with Crippen molar-refractivity contribution < 1.29 is 34.2 Å². The molecule has 4 amide bonds. The summed E-state index contributed by atoms with van der Waals surface area (Å²) in [5, 5.41) is 25.8. The highest BCUT2D eigenvalue weighted by atomic mass is 16.4. The number of aromatic nitrogens is 2. The van der Waals surface area contributed by atoms with E-state index in [1.54, 1.807) is 0 Å². The van der Waals surface area contributed by atoms with Gasteiger partial charge in [0, 0.05) is 18.3 Å². The first-order valence-corrected chi connectivity index (χ1v) is 10.5. The summed E-state index contributed by atoms with van der Waals surface area (Å²) in [6, 6.07) is -5.31. The average Bonchev–Trinajstić information content (AvgIpc) is 3.28. The number of unbranched alkanes of at least 4 members (excludes halogenated alkanes) is 1. The second kappa shape index (κ2) is 14.6. The van der Waals surface area contributed by atoms with Crippen LogP contribution < -0.4 is 33.2 Å². The van der Waals surface area contributed by atoms with Crippen molar-refractivity contribution in [2.24, 2.45) is 17.2 Å². The van der Waals surface area contributed by atoms with Gasteiger partial charge < -0.3 is 48.3 Å². The summed E-state index contributed by atoms with van der Waals surface area (Å²) in [6.45, 7) is -0.471. The molecule has 0 radical (unpaired) electrons. The molecule has 0 aliphatic heterocycles. The molecule has 0 saturated carbocycles. The van der Waals surface area contributed by atoms with Gasteiger partial charge in [-0.1, -0.05) is 0 Å². The topological polar surface area (TPSA) is 269 Å². The van der Waals surface area contributed by atoms with Gasteiger partial charge in [0.05, 0.1) is 25.4 Å². The van der Waals surface area contributed by atoms with E-state index in [2.05, 4.69) is 25.9 Å². The van der Waals surface area contributed by atoms with Crippen molar-refractivity contribution in [1.82, 2.24) is 25.9 Å². The molecule has 1 aromatic heterocycles. The number of aromatic amines is 1. The maximum absolute atomic E-state index is 12.8. The number of primary amides is 1. The molecule has 190 valence electrons. The molecule has 0 aliphatic rings. The minimum Gasteiger partial charge on any atom is -0.480 e. The Balaban J connectivity index is 2.89. The molecule has 1 aromatic rings. The van der Waals surface area contributed by atoms with Crippen molar-refractivity contribution in [3.05, 3.63) is 18.2 Å². The molecule has 4 atom stereocenters. The molecular formula is C19H32N8O7. The largest absolute Gasteiger partial charge is 0.480 e. The molecule has 0 spiro atoms. The summed E-state index contributed by atoms with van der Waals surface area (Å²) in [4.78, 5) is 66.7. The van der Waals surface area contributed by atoms with E-state index >= 15 is 0 Å². The number of carboxylic acids is 1. The predicted octanol–water partition coefficient (Wildman–Crippen LogP) is -4.18. The third-order valence-corrected chi connectivity index (χ3v) is 4.75. The minimum absolute atomic E-state index is 0.0858. The lowest BCUT2D eigenvalue weighted by atomic mass is 10.1. The van der Waals surface area contributed by atoms with E-state index in [0.717, 1.165) is 0 Å². The van der Waals surface area contributed by atoms with E-state index in [1.807, 2.05) is 0 Å². The first-order chi connectivity index (χ1) is 16.1. The Morgan fingerprint density at radius 1 is 1.00 bits per heavy atom. The zero-order valence-electron chi connectivity index (χ0n) is 18.5. The number of carbonyl (C=O) groups excluding carboxylic acids is 4. The zero-order valence-corrected chi connectivity index (χ0v) is 18.5. The molecule has 4 unspecified atom stereocenters. The van der Waals surface area contributed by atoms with Gasteiger partial charge >= 0.3 is 5.97 Å². The van der Waals surface area contributed by atoms with Gasteiger partial charge in [-0.3, -0.25) is 19.2 Å². The van der Waals surface area contributed by atoms with Gasteiger partial charge in [-0.25, -0.2) is 9.78 Å². The van der Waals surface area contributed by atoms with E-state index in [-0.39, 0.29) is 12.8 Å². The predicted molar refractivity (Wildman–Crippen MR) is 117 cm³/mol. The van der Waals surface area contributed by atoms with E-state index < -0.39 is 66.8 Å². The number of carbonyl (C=O) groups is 5. The Morgan fingerprint density at radius 3 is 2.15 bits per heavy atom. The maximum atomic E-state index is 12.8. The van der Waals surface area contributed by atoms with Gasteiger partial charge in [-0.05, 0) is 25.8 Å². The van der Waals surface area contributed by atoms with Gasteiger partial charge in [-0.2, -0.15) is 0 Å². The number of carboxylic acid groups (broad SMARTS) is 1. The molecule has 0 saturated heterocycles. The molecule has 0 aromatic carbocycles. The molecule has 1 rings (SSSR count). The van der Waals surface area contributed by atoms with E-state index in [9.17, 15) is 34.2 Å². The van der Waals surface area contributed by atoms with Crippen LogP contribution >= 0.6 is 0 Å². The number of aliphatic carboxylic acids is 1. The monoisotopic (exact) mass is 484 g/mol. The Kier molecular flexibility index (Phi) is 12.2. The SMILES string of the molecule is NCCCCC(NC(=O)C(CO)NC(=O)C(Cc1cnc[nH]1)NC(=O)C(N)CC(N)=O)C(=O)O. The standard InChI is InChI=1S/C19H32N8O7/c20-4-2-1-3-12(19(33)34)25-18(32)14(8-28)27-17(31)13(5-10-7-23-9-24-10)26-16(30)11(21)6-15(22)29/h7,9,11-14,28H,1-6,8,20-21H2,(H2,22,29)(H,23,24)(H,25,32)(H,26,30)(H,27,31)(H,33,34). The quantitative estimate of drug-likeness (QED) is 0.102. The molecule has 12 N–H and O–H groups in total. The van der Waals surface area contributed by atoms with Crippen LogP contribution in [0.5, 0.6) is 0 Å². The van der Waals surface area contributed by atoms with Crippen molar-refractivity contribution in [3.8, 4) is 0 Å². The van der Waals surface area contributed by atoms with Crippen LogP contribution in [0, 0.1) is 0 Å². The second-order valence-electron chi connectivity index (χ2n) is 7.55. The number of hydrogen-bond acceptors (Lipinski definition) is 9. The third kappa shape index (κ3) is 9.93. The number of nitrogens with two attached hydrogens (primary N) is 3. The Bertz CT molecular complexity index is 833. The fourth-order valence-electron chi connectivity index (χ4n) is 2.90. The summed E-state index contributed by atoms with van der Waals surface area (Å²) >= 11 is 0. The molecule has 15 nitrogen and oxygen atoms in total. The summed E-state index contributed by atoms with van der Waals surface area (Å²) in [7, 11) is 0. The molecular weight excluding hydrogens is 452 g/mol. The lowest BCUT2D eigenvalue weighted by Gasteiger charge is -2.24. The minimum atomic E-state index is -1.50. The Labute approximate surface area is 195 Å². The fraction of sp³-hybridized carbons (Fsp3) is 0.579. The second-order valence-corrected chi connectivity index (χ2v) is 7.55. The van der Waals surface area contributed by atoms with Gasteiger partial charge in [-0.15, -0.1) is 0 Å². The number of amides is 4. The number of nitrogens with zero attached hydrogens (tertiary/aromatic N) is 1. The average molecular weight is 485 g/mol. The van der Waals surface area contributed by atoms with Crippen LogP contribution in [-0.4, -0.2) is 87.1 Å². The van der Waals surface area contributed by atoms with Gasteiger partial charge in [0.2, 0.25) is 23.6 Å². The van der Waals surface area contributed by atoms with E-state index in [4.69, 9.17) is 17.2 Å². The number of imidazole rings is 1. The summed E-state index contributed by atoms with van der Waals surface area (Å²) in [5.41, 5.74) is 16.5. The highest BCUT2D eigenvalue weighted by molar-refractivity contribution is 5.95. The van der Waals surface area contributed by atoms with Crippen LogP contribution in [0.2, 0.25) is 0 Å². The molecule has 0 bridgehead atoms. The number of rotatable bonds is 16. The van der Waals surface area contributed by atoms with E-state index in [1.165, 1.54) is 12.5 Å². The zero-order chi connectivity index (χ0) is 25.7. The van der Waals surface area contributed by atoms with Crippen LogP contribution in [0.15, 0.2) is 12.5 Å². The Morgan fingerprint density at radius 2 is 1.62 bits per heavy atom. The number of nitrogens with one attached hydrogen (secondary N) is 4. The van der Waals surface area contributed by atoms with Crippen molar-refractivity contribution in [3.63, 3.8) is 0 Å². The molecule has 0 fully saturated rings. The van der Waals surface area contributed by atoms with Gasteiger partial charge in [0.1, 0.15) is 18.1 Å². The van der Waals surface area contributed by atoms with Gasteiger partial charge in [0.25, 0.3) is 0 Å². The number of aliphatic hydroxyl groups excluding tert-OH is 1. The number of aliphatic hydroxyl groups is 1. The van der Waals surface area contributed by atoms with Crippen LogP contribution in [0.3, 0.4) is 0 Å². The molecule has 34 heavy (non-hydrogen) atoms. The van der Waals surface area contributed by atoms with Crippen LogP contribution in [0.1, 0.15) is 31.4 Å². The van der Waals surface area contributed by atoms with Crippen LogP contribution in [0.4, 0.5) is 0 Å². The van der Waals surface area contributed by atoms with Crippen LogP contribution in [-0.2, 0) is 30.4 Å². The van der Waals surface area contributed by atoms with Crippen molar-refractivity contribution in [2.45, 2.75) is 56.3 Å². The normalized spacial score (nSPS) is 14.3.